The van der Waals surface area contributed by atoms with Crippen LogP contribution in [0, 0.1) is 0 Å². The number of esters is 1. The molecule has 2 aromatic heterocycles. The normalized spacial score (nSPS) is 12.4. The highest BCUT2D eigenvalue weighted by Gasteiger charge is 2.13. The SMILES string of the molecule is COC(=O)C=c1sc2nc3cc(Cl)c(Cl)cc3n2c1=O. The van der Waals surface area contributed by atoms with Crippen LogP contribution >= 0.6 is 34.5 Å². The first kappa shape index (κ1) is 13.4. The molecule has 0 aliphatic carbocycles. The Labute approximate surface area is 126 Å². The van der Waals surface area contributed by atoms with E-state index in [9.17, 15) is 9.59 Å². The number of ether oxygens (including phenoxy) is 1. The standard InChI is InChI=1S/C12H6Cl2N2O3S/c1-19-10(17)4-9-11(18)16-8-3-6(14)5(13)2-7(8)15-12(16)20-9/h2-4H,1H3. The lowest BCUT2D eigenvalue weighted by atomic mass is 10.3. The van der Waals surface area contributed by atoms with Crippen LogP contribution in [0.2, 0.25) is 10.0 Å². The van der Waals surface area contributed by atoms with Crippen LogP contribution < -0.4 is 10.1 Å². The van der Waals surface area contributed by atoms with Gasteiger partial charge in [-0.25, -0.2) is 14.2 Å². The Morgan fingerprint density at radius 1 is 1.40 bits per heavy atom. The molecule has 3 aromatic rings. The Balaban J connectivity index is 2.40. The van der Waals surface area contributed by atoms with Crippen LogP contribution in [-0.2, 0) is 9.53 Å². The minimum Gasteiger partial charge on any atom is -0.466 e. The van der Waals surface area contributed by atoms with Crippen LogP contribution in [-0.4, -0.2) is 22.5 Å². The number of carbonyl (C=O) groups excluding carboxylic acids is 1. The molecule has 102 valence electrons. The van der Waals surface area contributed by atoms with Crippen molar-refractivity contribution < 1.29 is 9.53 Å². The lowest BCUT2D eigenvalue weighted by molar-refractivity contribution is -0.133. The number of methoxy groups -OCH3 is 1. The van der Waals surface area contributed by atoms with Crippen LogP contribution in [0.4, 0.5) is 0 Å². The lowest BCUT2D eigenvalue weighted by Gasteiger charge is -1.94. The predicted octanol–water partition coefficient (Wildman–Crippen LogP) is 1.89. The largest absolute Gasteiger partial charge is 0.466 e. The highest BCUT2D eigenvalue weighted by atomic mass is 35.5. The molecule has 0 N–H and O–H groups in total. The second-order valence-corrected chi connectivity index (χ2v) is 5.75. The summed E-state index contributed by atoms with van der Waals surface area (Å²) in [6, 6.07) is 3.18. The minimum absolute atomic E-state index is 0.257. The maximum Gasteiger partial charge on any atom is 0.332 e. The van der Waals surface area contributed by atoms with E-state index in [-0.39, 0.29) is 10.1 Å². The van der Waals surface area contributed by atoms with E-state index in [2.05, 4.69) is 9.72 Å². The molecule has 0 fully saturated rings. The summed E-state index contributed by atoms with van der Waals surface area (Å²) in [5, 5.41) is 0.712. The molecule has 0 unspecified atom stereocenters. The Kier molecular flexibility index (Phi) is 3.16. The topological polar surface area (TPSA) is 60.7 Å². The summed E-state index contributed by atoms with van der Waals surface area (Å²) in [5.74, 6) is -0.586. The molecule has 8 heteroatoms. The summed E-state index contributed by atoms with van der Waals surface area (Å²) < 4.78 is 6.17. The summed E-state index contributed by atoms with van der Waals surface area (Å²) >= 11 is 13.0. The van der Waals surface area contributed by atoms with E-state index < -0.39 is 5.97 Å². The van der Waals surface area contributed by atoms with Crippen LogP contribution in [0.5, 0.6) is 0 Å². The van der Waals surface area contributed by atoms with Gasteiger partial charge >= 0.3 is 5.97 Å². The minimum atomic E-state index is -0.586. The zero-order valence-electron chi connectivity index (χ0n) is 10.0. The van der Waals surface area contributed by atoms with Crippen LogP contribution in [0.25, 0.3) is 22.1 Å². The molecule has 0 atom stereocenters. The van der Waals surface area contributed by atoms with Gasteiger partial charge in [-0.15, -0.1) is 0 Å². The van der Waals surface area contributed by atoms with Crippen molar-refractivity contribution in [2.45, 2.75) is 0 Å². The summed E-state index contributed by atoms with van der Waals surface area (Å²) in [7, 11) is 1.25. The molecule has 3 rings (SSSR count). The number of hydrogen-bond donors (Lipinski definition) is 0. The van der Waals surface area contributed by atoms with E-state index in [0.717, 1.165) is 17.4 Å². The summed E-state index contributed by atoms with van der Waals surface area (Å²) in [5.41, 5.74) is 0.795. The monoisotopic (exact) mass is 328 g/mol. The molecule has 2 heterocycles. The van der Waals surface area contributed by atoms with Gasteiger partial charge in [0.2, 0.25) is 0 Å². The highest BCUT2D eigenvalue weighted by Crippen LogP contribution is 2.28. The second-order valence-electron chi connectivity index (χ2n) is 3.92. The number of hydrogen-bond acceptors (Lipinski definition) is 5. The van der Waals surface area contributed by atoms with Crippen molar-refractivity contribution in [1.29, 1.82) is 0 Å². The average Bonchev–Trinajstić information content (AvgIpc) is 2.88. The van der Waals surface area contributed by atoms with Gasteiger partial charge in [-0.2, -0.15) is 0 Å². The first-order valence-corrected chi connectivity index (χ1v) is 6.98. The van der Waals surface area contributed by atoms with Crippen LogP contribution in [0.15, 0.2) is 16.9 Å². The Morgan fingerprint density at radius 3 is 2.80 bits per heavy atom. The van der Waals surface area contributed by atoms with E-state index in [1.165, 1.54) is 11.5 Å². The summed E-state index contributed by atoms with van der Waals surface area (Å²) in [6.45, 7) is 0. The van der Waals surface area contributed by atoms with Gasteiger partial charge in [-0.1, -0.05) is 34.5 Å². The lowest BCUT2D eigenvalue weighted by Crippen LogP contribution is -2.24. The first-order chi connectivity index (χ1) is 9.51. The van der Waals surface area contributed by atoms with E-state index in [1.54, 1.807) is 12.1 Å². The third kappa shape index (κ3) is 1.96. The molecular formula is C12H6Cl2N2O3S. The van der Waals surface area contributed by atoms with Gasteiger partial charge in [0.05, 0.1) is 28.2 Å². The number of nitrogens with zero attached hydrogens (tertiary/aromatic N) is 2. The number of imidazole rings is 1. The number of thiazole rings is 1. The van der Waals surface area contributed by atoms with Crippen molar-refractivity contribution in [2.24, 2.45) is 0 Å². The van der Waals surface area contributed by atoms with E-state index in [0.29, 0.717) is 26.0 Å². The van der Waals surface area contributed by atoms with Crippen molar-refractivity contribution in [3.63, 3.8) is 0 Å². The van der Waals surface area contributed by atoms with E-state index in [4.69, 9.17) is 23.2 Å². The van der Waals surface area contributed by atoms with Crippen molar-refractivity contribution in [2.75, 3.05) is 7.11 Å². The zero-order valence-corrected chi connectivity index (χ0v) is 12.3. The number of benzene rings is 1. The zero-order chi connectivity index (χ0) is 14.4. The van der Waals surface area contributed by atoms with Crippen molar-refractivity contribution in [3.8, 4) is 0 Å². The predicted molar refractivity (Wildman–Crippen MR) is 78.6 cm³/mol. The molecule has 5 nitrogen and oxygen atoms in total. The number of halogens is 2. The Bertz CT molecular complexity index is 961. The molecule has 0 radical (unpaired) electrons. The van der Waals surface area contributed by atoms with E-state index >= 15 is 0 Å². The molecule has 0 spiro atoms. The van der Waals surface area contributed by atoms with Crippen LogP contribution in [0.3, 0.4) is 0 Å². The van der Waals surface area contributed by atoms with Crippen molar-refractivity contribution in [1.82, 2.24) is 9.38 Å². The molecule has 20 heavy (non-hydrogen) atoms. The smallest absolute Gasteiger partial charge is 0.332 e. The molecule has 0 amide bonds. The number of fused-ring (bicyclic) bond motifs is 3. The fraction of sp³-hybridized carbons (Fsp3) is 0.0833. The van der Waals surface area contributed by atoms with Gasteiger partial charge in [0, 0.05) is 6.08 Å². The molecular weight excluding hydrogens is 323 g/mol. The van der Waals surface area contributed by atoms with Gasteiger partial charge in [-0.05, 0) is 12.1 Å². The average molecular weight is 329 g/mol. The molecule has 1 aromatic carbocycles. The Hall–Kier alpha value is -1.63. The fourth-order valence-corrected chi connectivity index (χ4v) is 3.09. The molecule has 0 bridgehead atoms. The van der Waals surface area contributed by atoms with Crippen LogP contribution in [0.1, 0.15) is 0 Å². The molecule has 0 aliphatic heterocycles. The number of carbonyl (C=O) groups is 1. The van der Waals surface area contributed by atoms with Crippen molar-refractivity contribution >= 4 is 62.6 Å². The molecule has 0 saturated carbocycles. The maximum absolute atomic E-state index is 12.3. The van der Waals surface area contributed by atoms with Gasteiger partial charge in [-0.3, -0.25) is 4.79 Å². The molecule has 0 aliphatic rings. The summed E-state index contributed by atoms with van der Waals surface area (Å²) in [4.78, 5) is 28.3. The second kappa shape index (κ2) is 4.73. The van der Waals surface area contributed by atoms with E-state index in [1.807, 2.05) is 0 Å². The first-order valence-electron chi connectivity index (χ1n) is 5.41. The van der Waals surface area contributed by atoms with Gasteiger partial charge in [0.15, 0.2) is 4.96 Å². The third-order valence-corrected chi connectivity index (χ3v) is 4.42. The third-order valence-electron chi connectivity index (χ3n) is 2.73. The van der Waals surface area contributed by atoms with Gasteiger partial charge in [0.1, 0.15) is 4.53 Å². The number of aromatic nitrogens is 2. The Morgan fingerprint density at radius 2 is 2.10 bits per heavy atom. The van der Waals surface area contributed by atoms with Crippen molar-refractivity contribution in [3.05, 3.63) is 37.1 Å². The maximum atomic E-state index is 12.3. The quantitative estimate of drug-likeness (QED) is 0.640. The van der Waals surface area contributed by atoms with Gasteiger partial charge in [0.25, 0.3) is 5.56 Å². The number of rotatable bonds is 1. The summed E-state index contributed by atoms with van der Waals surface area (Å²) in [6.07, 6.45) is 1.14. The highest BCUT2D eigenvalue weighted by molar-refractivity contribution is 7.15. The fourth-order valence-electron chi connectivity index (χ4n) is 1.82. The molecule has 0 saturated heterocycles. The van der Waals surface area contributed by atoms with Gasteiger partial charge < -0.3 is 4.74 Å².